The van der Waals surface area contributed by atoms with Gasteiger partial charge in [0.25, 0.3) is 5.91 Å². The first-order valence-electron chi connectivity index (χ1n) is 23.9. The van der Waals surface area contributed by atoms with E-state index >= 15 is 4.79 Å². The average molecular weight is 932 g/mol. The number of ketones is 2. The van der Waals surface area contributed by atoms with E-state index in [-0.39, 0.29) is 66.8 Å². The molecule has 1 aromatic heterocycles. The van der Waals surface area contributed by atoms with Crippen molar-refractivity contribution in [1.29, 1.82) is 0 Å². The number of ether oxygens (including phenoxy) is 5. The minimum Gasteiger partial charge on any atom is -0.456 e. The topological polar surface area (TPSA) is 230 Å². The number of esters is 1. The number of pyridine rings is 1. The van der Waals surface area contributed by atoms with E-state index in [0.717, 1.165) is 44.1 Å². The van der Waals surface area contributed by atoms with E-state index in [1.54, 1.807) is 65.8 Å². The van der Waals surface area contributed by atoms with Crippen LogP contribution >= 0.6 is 0 Å². The number of guanidine groups is 1. The molecule has 3 unspecified atom stereocenters. The Morgan fingerprint density at radius 1 is 0.985 bits per heavy atom. The molecule has 0 aromatic carbocycles. The highest BCUT2D eigenvalue weighted by Crippen LogP contribution is 2.70. The summed E-state index contributed by atoms with van der Waals surface area (Å²) in [5.74, 6) is -2.39. The number of amides is 3. The zero-order chi connectivity index (χ0) is 48.5. The molecule has 1 aliphatic heterocycles. The van der Waals surface area contributed by atoms with E-state index in [2.05, 4.69) is 32.9 Å². The monoisotopic (exact) mass is 931 g/mol. The van der Waals surface area contributed by atoms with Gasteiger partial charge < -0.3 is 34.1 Å². The third-order valence-corrected chi connectivity index (χ3v) is 14.7. The molecule has 4 saturated carbocycles. The molecule has 4 N–H and O–H groups in total. The zero-order valence-corrected chi connectivity index (χ0v) is 40.2. The normalized spacial score (nSPS) is 31.7. The van der Waals surface area contributed by atoms with Crippen molar-refractivity contribution in [2.24, 2.45) is 39.5 Å². The van der Waals surface area contributed by atoms with E-state index in [4.69, 9.17) is 23.7 Å². The first-order valence-corrected chi connectivity index (χ1v) is 23.9. The van der Waals surface area contributed by atoms with Crippen molar-refractivity contribution in [1.82, 2.24) is 20.9 Å². The van der Waals surface area contributed by atoms with Crippen molar-refractivity contribution in [3.63, 3.8) is 0 Å². The fraction of sp³-hybridized carbons (Fsp3) is 0.680. The van der Waals surface area contributed by atoms with Gasteiger partial charge in [-0.25, -0.2) is 14.4 Å². The molecule has 7 rings (SSSR count). The molecule has 0 spiro atoms. The molecule has 5 fully saturated rings. The third kappa shape index (κ3) is 10.7. The second-order valence-electron chi connectivity index (χ2n) is 21.6. The molecular formula is C50H69N5O12. The number of hydrogen-bond acceptors (Lipinski definition) is 14. The van der Waals surface area contributed by atoms with Crippen LogP contribution in [0.4, 0.5) is 9.59 Å². The fourth-order valence-electron chi connectivity index (χ4n) is 11.9. The van der Waals surface area contributed by atoms with Crippen molar-refractivity contribution in [2.75, 3.05) is 13.2 Å². The van der Waals surface area contributed by atoms with Gasteiger partial charge in [0.2, 0.25) is 11.7 Å². The minimum absolute atomic E-state index is 0.000762. The van der Waals surface area contributed by atoms with Crippen LogP contribution < -0.4 is 16.0 Å². The molecule has 67 heavy (non-hydrogen) atoms. The Morgan fingerprint density at radius 3 is 2.31 bits per heavy atom. The van der Waals surface area contributed by atoms with Crippen molar-refractivity contribution in [3.05, 3.63) is 53.9 Å². The molecule has 17 nitrogen and oxygen atoms in total. The van der Waals surface area contributed by atoms with Crippen molar-refractivity contribution in [2.45, 2.75) is 167 Å². The number of carbonyl (C=O) groups excluding carboxylic acids is 6. The summed E-state index contributed by atoms with van der Waals surface area (Å²) in [5.41, 5.74) is -3.40. The van der Waals surface area contributed by atoms with E-state index in [1.165, 1.54) is 12.4 Å². The predicted molar refractivity (Wildman–Crippen MR) is 244 cm³/mol. The highest BCUT2D eigenvalue weighted by molar-refractivity contribution is 6.02. The Kier molecular flexibility index (Phi) is 14.6. The number of carbonyl (C=O) groups is 6. The van der Waals surface area contributed by atoms with Gasteiger partial charge in [-0.15, -0.1) is 0 Å². The van der Waals surface area contributed by atoms with Gasteiger partial charge in [0.15, 0.2) is 24.3 Å². The van der Waals surface area contributed by atoms with Crippen LogP contribution in [0.15, 0.2) is 53.3 Å². The van der Waals surface area contributed by atoms with Crippen LogP contribution in [0.25, 0.3) is 0 Å². The predicted octanol–water partition coefficient (Wildman–Crippen LogP) is 6.43. The summed E-state index contributed by atoms with van der Waals surface area (Å²) in [7, 11) is 0. The van der Waals surface area contributed by atoms with Gasteiger partial charge in [0.1, 0.15) is 17.2 Å². The number of aliphatic imine (C=N–C) groups is 1. The first kappa shape index (κ1) is 49.9. The summed E-state index contributed by atoms with van der Waals surface area (Å²) < 4.78 is 30.4. The number of aromatic nitrogens is 1. The number of nitrogens with zero attached hydrogens (tertiary/aromatic N) is 2. The quantitative estimate of drug-likeness (QED) is 0.0618. The highest BCUT2D eigenvalue weighted by Gasteiger charge is 2.76. The standard InChI is InChI=1S/C50H69N5O12/c1-46(2,3)66-44(61)54-43(55-45(62)67-47(4,5)6)52-23-13-17-35(53-40(59)30-16-12-22-51-27-30)41(60)63-28-37(58)50-38(64-42(65-50)29-14-10-9-11-15-29)25-34-33-19-18-31-24-32(56)20-21-48(31,7)39(33)36(57)26-49(34,50)8/h12,16,20-22,24,27,29,33-36,38-39,42,57H,9-11,13-15,17-19,23,25-26,28H2,1-8H3,(H,53,59)(H2,52,54,55,61,62)/t33?,34?,35-,36-,38+,39?,42+,48-,49-,50+/m0/s1. The van der Waals surface area contributed by atoms with Gasteiger partial charge >= 0.3 is 18.2 Å². The van der Waals surface area contributed by atoms with Crippen LogP contribution in [-0.4, -0.2) is 106 Å². The van der Waals surface area contributed by atoms with E-state index in [1.807, 2.05) is 13.0 Å². The summed E-state index contributed by atoms with van der Waals surface area (Å²) in [6, 6.07) is 1.87. The van der Waals surface area contributed by atoms with Gasteiger partial charge in [-0.1, -0.05) is 44.8 Å². The molecule has 17 heteroatoms. The molecule has 5 aliphatic carbocycles. The molecule has 1 saturated heterocycles. The molecule has 2 heterocycles. The Balaban J connectivity index is 1.10. The Labute approximate surface area is 393 Å². The van der Waals surface area contributed by atoms with Crippen LogP contribution in [0.2, 0.25) is 0 Å². The van der Waals surface area contributed by atoms with Crippen LogP contribution in [0.3, 0.4) is 0 Å². The number of alkyl carbamates (subject to hydrolysis) is 2. The van der Waals surface area contributed by atoms with Crippen molar-refractivity contribution < 1.29 is 57.6 Å². The van der Waals surface area contributed by atoms with E-state index < -0.39 is 88.6 Å². The summed E-state index contributed by atoms with van der Waals surface area (Å²) in [6.45, 7) is 13.5. The fourth-order valence-corrected chi connectivity index (χ4v) is 11.9. The van der Waals surface area contributed by atoms with Crippen molar-refractivity contribution >= 4 is 41.6 Å². The van der Waals surface area contributed by atoms with Gasteiger partial charge in [0.05, 0.1) is 17.8 Å². The SMILES string of the molecule is CC(C)(C)OC(=O)NC(=NCCC[C@H](NC(=O)c1cccnc1)C(=O)OCC(=O)[C@@]12O[C@H](C3CCCCC3)O[C@@H]1CC1C3CCC4=CC(=O)C=C[C@]4(C)C3[C@@H](O)C[C@@]12C)NC(=O)OC(C)(C)C. The van der Waals surface area contributed by atoms with E-state index in [9.17, 15) is 29.1 Å². The molecule has 0 radical (unpaired) electrons. The number of fused-ring (bicyclic) bond motifs is 7. The number of Topliss-reactive ketones (excluding diaryl/α,β-unsaturated/α-hetero) is 1. The number of aliphatic hydroxyl groups is 1. The lowest BCUT2D eigenvalue weighted by Gasteiger charge is -2.59. The number of rotatable bonds is 11. The van der Waals surface area contributed by atoms with Crippen LogP contribution in [0.1, 0.15) is 136 Å². The molecule has 366 valence electrons. The lowest BCUT2D eigenvalue weighted by Crippen LogP contribution is -2.64. The molecule has 0 bridgehead atoms. The van der Waals surface area contributed by atoms with Gasteiger partial charge in [-0.2, -0.15) is 0 Å². The van der Waals surface area contributed by atoms with Gasteiger partial charge in [-0.05, 0) is 129 Å². The van der Waals surface area contributed by atoms with E-state index in [0.29, 0.717) is 12.8 Å². The number of nitrogens with one attached hydrogen (secondary N) is 3. The Bertz CT molecular complexity index is 2130. The largest absolute Gasteiger partial charge is 0.456 e. The van der Waals surface area contributed by atoms with Crippen LogP contribution in [-0.2, 0) is 38.1 Å². The second-order valence-corrected chi connectivity index (χ2v) is 21.6. The zero-order valence-electron chi connectivity index (χ0n) is 40.2. The number of allylic oxidation sites excluding steroid dienone is 4. The maximum atomic E-state index is 15.2. The second kappa shape index (κ2) is 19.5. The third-order valence-electron chi connectivity index (χ3n) is 14.7. The lowest BCUT2D eigenvalue weighted by atomic mass is 9.46. The lowest BCUT2D eigenvalue weighted by molar-refractivity contribution is -0.210. The van der Waals surface area contributed by atoms with Crippen molar-refractivity contribution in [3.8, 4) is 0 Å². The van der Waals surface area contributed by atoms with Gasteiger partial charge in [-0.3, -0.25) is 35.0 Å². The molecule has 10 atom stereocenters. The summed E-state index contributed by atoms with van der Waals surface area (Å²) >= 11 is 0. The summed E-state index contributed by atoms with van der Waals surface area (Å²) in [6.07, 6.45) is 11.6. The van der Waals surface area contributed by atoms with Gasteiger partial charge in [0, 0.05) is 41.6 Å². The number of hydrogen-bond donors (Lipinski definition) is 4. The highest BCUT2D eigenvalue weighted by atomic mass is 16.7. The molecule has 6 aliphatic rings. The first-order chi connectivity index (χ1) is 31.5. The van der Waals surface area contributed by atoms with Crippen LogP contribution in [0, 0.1) is 34.5 Å². The summed E-state index contributed by atoms with van der Waals surface area (Å²) in [4.78, 5) is 89.0. The number of aliphatic hydroxyl groups excluding tert-OH is 1. The molecule has 1 aromatic rings. The Hall–Kier alpha value is -5.00. The molecule has 3 amide bonds. The average Bonchev–Trinajstić information content (AvgIpc) is 3.76. The Morgan fingerprint density at radius 2 is 1.67 bits per heavy atom. The van der Waals surface area contributed by atoms with Crippen LogP contribution in [0.5, 0.6) is 0 Å². The maximum absolute atomic E-state index is 15.2. The molecular weight excluding hydrogens is 863 g/mol. The maximum Gasteiger partial charge on any atom is 0.414 e. The minimum atomic E-state index is -1.52. The summed E-state index contributed by atoms with van der Waals surface area (Å²) in [5, 5.41) is 19.8. The smallest absolute Gasteiger partial charge is 0.414 e.